The van der Waals surface area contributed by atoms with Crippen molar-refractivity contribution in [1.29, 1.82) is 0 Å². The van der Waals surface area contributed by atoms with Gasteiger partial charge in [-0.2, -0.15) is 0 Å². The summed E-state index contributed by atoms with van der Waals surface area (Å²) in [5, 5.41) is 0. The first kappa shape index (κ1) is 19.1. The van der Waals surface area contributed by atoms with E-state index in [1.165, 1.54) is 0 Å². The van der Waals surface area contributed by atoms with E-state index in [-0.39, 0.29) is 17.8 Å². The van der Waals surface area contributed by atoms with Gasteiger partial charge in [0.1, 0.15) is 0 Å². The van der Waals surface area contributed by atoms with Crippen LogP contribution < -0.4 is 5.73 Å². The van der Waals surface area contributed by atoms with Crippen LogP contribution in [0, 0.1) is 11.8 Å². The van der Waals surface area contributed by atoms with E-state index in [4.69, 9.17) is 15.2 Å². The maximum absolute atomic E-state index is 12.1. The standard InChI is InChI=1S/C16H31NO3/c1-13(2)11-15(14(3)12-17)16(18)20-10-8-6-5-7-9-19-4/h14-15H,1,5-12,17H2,2-4H3. The second kappa shape index (κ2) is 11.9. The molecule has 0 saturated heterocycles. The van der Waals surface area contributed by atoms with Gasteiger partial charge in [-0.15, -0.1) is 6.58 Å². The van der Waals surface area contributed by atoms with Crippen molar-refractivity contribution in [1.82, 2.24) is 0 Å². The quantitative estimate of drug-likeness (QED) is 0.340. The zero-order chi connectivity index (χ0) is 15.4. The average Bonchev–Trinajstić information content (AvgIpc) is 2.42. The van der Waals surface area contributed by atoms with Gasteiger partial charge in [-0.05, 0) is 45.1 Å². The molecular formula is C16H31NO3. The van der Waals surface area contributed by atoms with Crippen LogP contribution in [0.3, 0.4) is 0 Å². The topological polar surface area (TPSA) is 61.5 Å². The molecular weight excluding hydrogens is 254 g/mol. The highest BCUT2D eigenvalue weighted by atomic mass is 16.5. The van der Waals surface area contributed by atoms with Gasteiger partial charge in [0.05, 0.1) is 12.5 Å². The van der Waals surface area contributed by atoms with E-state index in [1.807, 2.05) is 13.8 Å². The summed E-state index contributed by atoms with van der Waals surface area (Å²) in [5.41, 5.74) is 6.65. The van der Waals surface area contributed by atoms with E-state index in [2.05, 4.69) is 6.58 Å². The molecule has 0 heterocycles. The van der Waals surface area contributed by atoms with Crippen LogP contribution in [0.5, 0.6) is 0 Å². The first-order chi connectivity index (χ1) is 9.52. The lowest BCUT2D eigenvalue weighted by Crippen LogP contribution is -2.29. The molecule has 0 amide bonds. The predicted octanol–water partition coefficient (Wildman–Crippen LogP) is 2.91. The summed E-state index contributed by atoms with van der Waals surface area (Å²) in [6.07, 6.45) is 4.80. The Morgan fingerprint density at radius 3 is 2.30 bits per heavy atom. The smallest absolute Gasteiger partial charge is 0.309 e. The second-order valence-corrected chi connectivity index (χ2v) is 5.56. The molecule has 0 aromatic carbocycles. The van der Waals surface area contributed by atoms with Crippen LogP contribution in [0.15, 0.2) is 12.2 Å². The highest BCUT2D eigenvalue weighted by Crippen LogP contribution is 2.20. The molecule has 0 aliphatic heterocycles. The van der Waals surface area contributed by atoms with Crippen LogP contribution in [0.1, 0.15) is 46.0 Å². The van der Waals surface area contributed by atoms with Crippen LogP contribution in [-0.2, 0) is 14.3 Å². The van der Waals surface area contributed by atoms with Crippen molar-refractivity contribution in [2.45, 2.75) is 46.0 Å². The van der Waals surface area contributed by atoms with E-state index in [9.17, 15) is 4.79 Å². The molecule has 0 aliphatic rings. The molecule has 0 radical (unpaired) electrons. The Morgan fingerprint density at radius 2 is 1.80 bits per heavy atom. The highest BCUT2D eigenvalue weighted by molar-refractivity contribution is 5.73. The van der Waals surface area contributed by atoms with Gasteiger partial charge in [0, 0.05) is 13.7 Å². The molecule has 118 valence electrons. The number of esters is 1. The predicted molar refractivity (Wildman–Crippen MR) is 82.4 cm³/mol. The van der Waals surface area contributed by atoms with Crippen LogP contribution >= 0.6 is 0 Å². The number of carbonyl (C=O) groups is 1. The van der Waals surface area contributed by atoms with Crippen molar-refractivity contribution in [2.75, 3.05) is 26.9 Å². The number of rotatable bonds is 12. The Hall–Kier alpha value is -0.870. The third-order valence-corrected chi connectivity index (χ3v) is 3.42. The summed E-state index contributed by atoms with van der Waals surface area (Å²) in [6, 6.07) is 0. The molecule has 0 aromatic rings. The van der Waals surface area contributed by atoms with Crippen molar-refractivity contribution in [3.05, 3.63) is 12.2 Å². The van der Waals surface area contributed by atoms with Crippen molar-refractivity contribution in [2.24, 2.45) is 17.6 Å². The molecule has 2 N–H and O–H groups in total. The minimum atomic E-state index is -0.161. The fourth-order valence-electron chi connectivity index (χ4n) is 2.04. The third-order valence-electron chi connectivity index (χ3n) is 3.42. The van der Waals surface area contributed by atoms with E-state index in [0.29, 0.717) is 19.6 Å². The van der Waals surface area contributed by atoms with E-state index in [1.54, 1.807) is 7.11 Å². The Balaban J connectivity index is 3.92. The summed E-state index contributed by atoms with van der Waals surface area (Å²) in [6.45, 7) is 9.57. The molecule has 20 heavy (non-hydrogen) atoms. The van der Waals surface area contributed by atoms with Crippen LogP contribution in [0.25, 0.3) is 0 Å². The number of methoxy groups -OCH3 is 1. The first-order valence-electron chi connectivity index (χ1n) is 7.53. The lowest BCUT2D eigenvalue weighted by atomic mass is 9.88. The fraction of sp³-hybridized carbons (Fsp3) is 0.812. The van der Waals surface area contributed by atoms with Crippen LogP contribution in [0.2, 0.25) is 0 Å². The number of nitrogens with two attached hydrogens (primary N) is 1. The molecule has 0 aromatic heterocycles. The van der Waals surface area contributed by atoms with E-state index < -0.39 is 0 Å². The summed E-state index contributed by atoms with van der Waals surface area (Å²) < 4.78 is 10.4. The largest absolute Gasteiger partial charge is 0.465 e. The molecule has 2 atom stereocenters. The minimum Gasteiger partial charge on any atom is -0.465 e. The van der Waals surface area contributed by atoms with E-state index >= 15 is 0 Å². The third kappa shape index (κ3) is 9.10. The fourth-order valence-corrected chi connectivity index (χ4v) is 2.04. The molecule has 0 spiro atoms. The number of allylic oxidation sites excluding steroid dienone is 1. The lowest BCUT2D eigenvalue weighted by molar-refractivity contribution is -0.150. The number of carbonyl (C=O) groups excluding carboxylic acids is 1. The molecule has 0 fully saturated rings. The zero-order valence-corrected chi connectivity index (χ0v) is 13.3. The molecule has 0 bridgehead atoms. The summed E-state index contributed by atoms with van der Waals surface area (Å²) in [7, 11) is 1.71. The second-order valence-electron chi connectivity index (χ2n) is 5.56. The van der Waals surface area contributed by atoms with Gasteiger partial charge >= 0.3 is 5.97 Å². The zero-order valence-electron chi connectivity index (χ0n) is 13.3. The lowest BCUT2D eigenvalue weighted by Gasteiger charge is -2.21. The Labute approximate surface area is 123 Å². The van der Waals surface area contributed by atoms with Gasteiger partial charge in [-0.25, -0.2) is 0 Å². The number of hydrogen-bond acceptors (Lipinski definition) is 4. The molecule has 4 heteroatoms. The van der Waals surface area contributed by atoms with Crippen LogP contribution in [-0.4, -0.2) is 32.8 Å². The van der Waals surface area contributed by atoms with Gasteiger partial charge in [0.25, 0.3) is 0 Å². The summed E-state index contributed by atoms with van der Waals surface area (Å²) >= 11 is 0. The molecule has 2 unspecified atom stereocenters. The van der Waals surface area contributed by atoms with Gasteiger partial charge < -0.3 is 15.2 Å². The number of ether oxygens (including phenoxy) is 2. The Morgan fingerprint density at radius 1 is 1.20 bits per heavy atom. The molecule has 0 saturated carbocycles. The molecule has 4 nitrogen and oxygen atoms in total. The molecule has 0 aliphatic carbocycles. The Kier molecular flexibility index (Phi) is 11.4. The normalized spacial score (nSPS) is 13.8. The minimum absolute atomic E-state index is 0.126. The van der Waals surface area contributed by atoms with Gasteiger partial charge in [0.15, 0.2) is 0 Å². The first-order valence-corrected chi connectivity index (χ1v) is 7.53. The average molecular weight is 285 g/mol. The van der Waals surface area contributed by atoms with Crippen molar-refractivity contribution in [3.8, 4) is 0 Å². The van der Waals surface area contributed by atoms with Gasteiger partial charge in [-0.1, -0.05) is 18.9 Å². The van der Waals surface area contributed by atoms with Crippen molar-refractivity contribution in [3.63, 3.8) is 0 Å². The van der Waals surface area contributed by atoms with Gasteiger partial charge in [0.2, 0.25) is 0 Å². The SMILES string of the molecule is C=C(C)CC(C(=O)OCCCCCCOC)C(C)CN. The summed E-state index contributed by atoms with van der Waals surface area (Å²) in [4.78, 5) is 12.1. The number of unbranched alkanes of at least 4 members (excludes halogenated alkanes) is 3. The van der Waals surface area contributed by atoms with Gasteiger partial charge in [-0.3, -0.25) is 4.79 Å². The number of hydrogen-bond donors (Lipinski definition) is 1. The monoisotopic (exact) mass is 285 g/mol. The van der Waals surface area contributed by atoms with Crippen molar-refractivity contribution >= 4 is 5.97 Å². The van der Waals surface area contributed by atoms with Crippen LogP contribution in [0.4, 0.5) is 0 Å². The highest BCUT2D eigenvalue weighted by Gasteiger charge is 2.25. The summed E-state index contributed by atoms with van der Waals surface area (Å²) in [5.74, 6) is -0.172. The molecule has 0 rings (SSSR count). The van der Waals surface area contributed by atoms with Crippen molar-refractivity contribution < 1.29 is 14.3 Å². The maximum atomic E-state index is 12.1. The maximum Gasteiger partial charge on any atom is 0.309 e. The Bertz CT molecular complexity index is 279. The van der Waals surface area contributed by atoms with E-state index in [0.717, 1.165) is 37.9 Å².